The summed E-state index contributed by atoms with van der Waals surface area (Å²) < 4.78 is 5.28. The Hall–Kier alpha value is -1.30. The monoisotopic (exact) mass is 325 g/mol. The first-order valence-corrected chi connectivity index (χ1v) is 8.83. The summed E-state index contributed by atoms with van der Waals surface area (Å²) in [5.41, 5.74) is -0.477. The molecule has 6 heteroatoms. The van der Waals surface area contributed by atoms with Gasteiger partial charge >= 0.3 is 6.09 Å². The van der Waals surface area contributed by atoms with Crippen LogP contribution in [0.4, 0.5) is 4.79 Å². The van der Waals surface area contributed by atoms with Crippen LogP contribution in [0.5, 0.6) is 0 Å². The van der Waals surface area contributed by atoms with Gasteiger partial charge in [0.1, 0.15) is 5.60 Å². The smallest absolute Gasteiger partial charge is 0.407 e. The highest BCUT2D eigenvalue weighted by atomic mass is 16.6. The number of amides is 2. The van der Waals surface area contributed by atoms with Crippen molar-refractivity contribution in [3.8, 4) is 0 Å². The minimum atomic E-state index is -0.477. The van der Waals surface area contributed by atoms with Crippen LogP contribution in [0, 0.1) is 5.92 Å². The molecule has 2 aliphatic carbocycles. The lowest BCUT2D eigenvalue weighted by atomic mass is 9.84. The minimum Gasteiger partial charge on any atom is -0.444 e. The molecule has 0 aromatic rings. The third-order valence-corrected chi connectivity index (χ3v) is 4.28. The SMILES string of the molecule is CC(C)(C)OC(=O)NCC1CCCCC1NCC(=O)NC1CC1. The van der Waals surface area contributed by atoms with Gasteiger partial charge < -0.3 is 20.7 Å². The fourth-order valence-corrected chi connectivity index (χ4v) is 2.98. The van der Waals surface area contributed by atoms with Gasteiger partial charge in [-0.05, 0) is 52.4 Å². The zero-order valence-electron chi connectivity index (χ0n) is 14.6. The maximum absolute atomic E-state index is 11.8. The summed E-state index contributed by atoms with van der Waals surface area (Å²) in [6.07, 6.45) is 6.32. The Kier molecular flexibility index (Phi) is 6.27. The summed E-state index contributed by atoms with van der Waals surface area (Å²) in [4.78, 5) is 23.6. The van der Waals surface area contributed by atoms with E-state index in [4.69, 9.17) is 4.74 Å². The summed E-state index contributed by atoms with van der Waals surface area (Å²) in [5, 5.41) is 9.23. The molecule has 0 spiro atoms. The van der Waals surface area contributed by atoms with Crippen LogP contribution in [-0.4, -0.2) is 42.8 Å². The molecule has 0 heterocycles. The van der Waals surface area contributed by atoms with E-state index in [-0.39, 0.29) is 18.0 Å². The highest BCUT2D eigenvalue weighted by Crippen LogP contribution is 2.24. The molecule has 132 valence electrons. The highest BCUT2D eigenvalue weighted by Gasteiger charge is 2.28. The van der Waals surface area contributed by atoms with Gasteiger partial charge in [-0.3, -0.25) is 4.79 Å². The second kappa shape index (κ2) is 7.99. The molecule has 0 radical (unpaired) electrons. The topological polar surface area (TPSA) is 79.5 Å². The van der Waals surface area contributed by atoms with Crippen LogP contribution in [0.25, 0.3) is 0 Å². The summed E-state index contributed by atoms with van der Waals surface area (Å²) in [6, 6.07) is 0.684. The molecule has 2 saturated carbocycles. The Labute approximate surface area is 139 Å². The van der Waals surface area contributed by atoms with Crippen LogP contribution in [0.1, 0.15) is 59.3 Å². The fourth-order valence-electron chi connectivity index (χ4n) is 2.98. The van der Waals surface area contributed by atoms with Crippen molar-refractivity contribution in [1.29, 1.82) is 0 Å². The van der Waals surface area contributed by atoms with Crippen LogP contribution in [0.15, 0.2) is 0 Å². The van der Waals surface area contributed by atoms with E-state index in [0.29, 0.717) is 25.0 Å². The molecule has 0 saturated heterocycles. The van der Waals surface area contributed by atoms with Gasteiger partial charge in [0.05, 0.1) is 6.54 Å². The predicted molar refractivity (Wildman–Crippen MR) is 89.2 cm³/mol. The van der Waals surface area contributed by atoms with Crippen molar-refractivity contribution in [2.75, 3.05) is 13.1 Å². The number of hydrogen-bond acceptors (Lipinski definition) is 4. The van der Waals surface area contributed by atoms with Crippen LogP contribution in [-0.2, 0) is 9.53 Å². The molecule has 2 rings (SSSR count). The second-order valence-electron chi connectivity index (χ2n) is 7.76. The molecular weight excluding hydrogens is 294 g/mol. The molecular formula is C17H31N3O3. The van der Waals surface area contributed by atoms with Crippen molar-refractivity contribution in [3.63, 3.8) is 0 Å². The number of carbonyl (C=O) groups is 2. The normalized spacial score (nSPS) is 24.8. The molecule has 2 aliphatic rings. The molecule has 2 amide bonds. The Balaban J connectivity index is 1.71. The Morgan fingerprint density at radius 3 is 2.43 bits per heavy atom. The van der Waals surface area contributed by atoms with Crippen LogP contribution < -0.4 is 16.0 Å². The fraction of sp³-hybridized carbons (Fsp3) is 0.882. The van der Waals surface area contributed by atoms with E-state index < -0.39 is 5.60 Å². The molecule has 3 N–H and O–H groups in total. The lowest BCUT2D eigenvalue weighted by Crippen LogP contribution is -2.48. The van der Waals surface area contributed by atoms with Gasteiger partial charge in [0.15, 0.2) is 0 Å². The first-order chi connectivity index (χ1) is 10.8. The van der Waals surface area contributed by atoms with Crippen molar-refractivity contribution in [2.45, 2.75) is 77.0 Å². The highest BCUT2D eigenvalue weighted by molar-refractivity contribution is 5.78. The Morgan fingerprint density at radius 1 is 1.09 bits per heavy atom. The van der Waals surface area contributed by atoms with Crippen molar-refractivity contribution >= 4 is 12.0 Å². The number of hydrogen-bond donors (Lipinski definition) is 3. The van der Waals surface area contributed by atoms with Crippen LogP contribution in [0.3, 0.4) is 0 Å². The van der Waals surface area contributed by atoms with Crippen molar-refractivity contribution in [3.05, 3.63) is 0 Å². The third-order valence-electron chi connectivity index (χ3n) is 4.28. The minimum absolute atomic E-state index is 0.0805. The molecule has 2 fully saturated rings. The van der Waals surface area contributed by atoms with E-state index in [9.17, 15) is 9.59 Å². The number of rotatable bonds is 6. The molecule has 0 aromatic heterocycles. The zero-order valence-corrected chi connectivity index (χ0v) is 14.6. The lowest BCUT2D eigenvalue weighted by Gasteiger charge is -2.32. The lowest BCUT2D eigenvalue weighted by molar-refractivity contribution is -0.120. The molecule has 2 atom stereocenters. The van der Waals surface area contributed by atoms with Crippen molar-refractivity contribution in [1.82, 2.24) is 16.0 Å². The van der Waals surface area contributed by atoms with Gasteiger partial charge in [-0.1, -0.05) is 12.8 Å². The molecule has 0 bridgehead atoms. The van der Waals surface area contributed by atoms with Crippen LogP contribution in [0.2, 0.25) is 0 Å². The molecule has 0 aromatic carbocycles. The summed E-state index contributed by atoms with van der Waals surface area (Å²) in [7, 11) is 0. The largest absolute Gasteiger partial charge is 0.444 e. The molecule has 23 heavy (non-hydrogen) atoms. The van der Waals surface area contributed by atoms with Gasteiger partial charge in [0.2, 0.25) is 5.91 Å². The number of nitrogens with one attached hydrogen (secondary N) is 3. The summed E-state index contributed by atoms with van der Waals surface area (Å²) in [5.74, 6) is 0.432. The number of ether oxygens (including phenoxy) is 1. The Bertz CT molecular complexity index is 416. The average Bonchev–Trinajstić information content (AvgIpc) is 3.26. The van der Waals surface area contributed by atoms with Gasteiger partial charge in [0, 0.05) is 18.6 Å². The van der Waals surface area contributed by atoms with Gasteiger partial charge in [-0.15, -0.1) is 0 Å². The van der Waals surface area contributed by atoms with Crippen molar-refractivity contribution < 1.29 is 14.3 Å². The van der Waals surface area contributed by atoms with Gasteiger partial charge in [-0.2, -0.15) is 0 Å². The second-order valence-corrected chi connectivity index (χ2v) is 7.76. The predicted octanol–water partition coefficient (Wildman–Crippen LogP) is 1.94. The van der Waals surface area contributed by atoms with Crippen LogP contribution >= 0.6 is 0 Å². The van der Waals surface area contributed by atoms with Crippen molar-refractivity contribution in [2.24, 2.45) is 5.92 Å². The third kappa shape index (κ3) is 7.20. The first kappa shape index (κ1) is 18.0. The van der Waals surface area contributed by atoms with E-state index in [1.54, 1.807) is 0 Å². The Morgan fingerprint density at radius 2 is 1.78 bits per heavy atom. The standard InChI is InChI=1S/C17H31N3O3/c1-17(2,3)23-16(22)19-10-12-6-4-5-7-14(12)18-11-15(21)20-13-8-9-13/h12-14,18H,4-11H2,1-3H3,(H,19,22)(H,20,21). The molecule has 0 aliphatic heterocycles. The number of alkyl carbamates (subject to hydrolysis) is 1. The average molecular weight is 325 g/mol. The van der Waals surface area contributed by atoms with E-state index in [1.165, 1.54) is 12.8 Å². The van der Waals surface area contributed by atoms with Gasteiger partial charge in [-0.25, -0.2) is 4.79 Å². The molecule has 2 unspecified atom stereocenters. The van der Waals surface area contributed by atoms with E-state index in [0.717, 1.165) is 25.7 Å². The summed E-state index contributed by atoms with van der Waals surface area (Å²) >= 11 is 0. The number of carbonyl (C=O) groups excluding carboxylic acids is 2. The van der Waals surface area contributed by atoms with E-state index in [1.807, 2.05) is 20.8 Å². The zero-order chi connectivity index (χ0) is 16.9. The maximum Gasteiger partial charge on any atom is 0.407 e. The van der Waals surface area contributed by atoms with E-state index in [2.05, 4.69) is 16.0 Å². The quantitative estimate of drug-likeness (QED) is 0.697. The maximum atomic E-state index is 11.8. The van der Waals surface area contributed by atoms with Gasteiger partial charge in [0.25, 0.3) is 0 Å². The first-order valence-electron chi connectivity index (χ1n) is 8.83. The molecule has 6 nitrogen and oxygen atoms in total. The van der Waals surface area contributed by atoms with E-state index >= 15 is 0 Å². The summed E-state index contributed by atoms with van der Waals surface area (Å²) in [6.45, 7) is 6.53.